The highest BCUT2D eigenvalue weighted by atomic mass is 32.2. The first-order valence-electron chi connectivity index (χ1n) is 8.95. The summed E-state index contributed by atoms with van der Waals surface area (Å²) in [5, 5.41) is 0. The molecule has 7 nitrogen and oxygen atoms in total. The largest absolute Gasteiger partial charge is 0.385 e. The number of sulfone groups is 1. The smallest absolute Gasteiger partial charge is 0.243 e. The molecule has 9 heteroatoms. The summed E-state index contributed by atoms with van der Waals surface area (Å²) in [6.45, 7) is 1.76. The highest BCUT2D eigenvalue weighted by Gasteiger charge is 2.23. The second-order valence-corrected chi connectivity index (χ2v) is 10.7. The van der Waals surface area contributed by atoms with Crippen molar-refractivity contribution in [2.75, 3.05) is 52.5 Å². The van der Waals surface area contributed by atoms with Crippen LogP contribution >= 0.6 is 0 Å². The Bertz CT molecular complexity index is 735. The highest BCUT2D eigenvalue weighted by Crippen LogP contribution is 2.18. The standard InChI is InChI=1S/C18H31NO6S2/c1-24-14-5-12-19(13-6-15-25-2)27(22,23)18-10-8-17(9-11-18)7-4-16-26(3,20)21/h8-11H,4-7,12-16H2,1-3H3. The Morgan fingerprint density at radius 3 is 1.81 bits per heavy atom. The maximum atomic E-state index is 12.9. The van der Waals surface area contributed by atoms with Crippen molar-refractivity contribution < 1.29 is 26.3 Å². The number of hydrogen-bond acceptors (Lipinski definition) is 6. The summed E-state index contributed by atoms with van der Waals surface area (Å²) in [6, 6.07) is 6.67. The molecule has 0 saturated carbocycles. The fourth-order valence-electron chi connectivity index (χ4n) is 2.64. The molecule has 0 fully saturated rings. The second kappa shape index (κ2) is 11.8. The lowest BCUT2D eigenvalue weighted by atomic mass is 10.1. The first-order chi connectivity index (χ1) is 12.7. The van der Waals surface area contributed by atoms with E-state index in [1.54, 1.807) is 38.5 Å². The van der Waals surface area contributed by atoms with Gasteiger partial charge in [-0.05, 0) is 43.4 Å². The van der Waals surface area contributed by atoms with Gasteiger partial charge in [0.05, 0.1) is 10.6 Å². The van der Waals surface area contributed by atoms with E-state index in [9.17, 15) is 16.8 Å². The van der Waals surface area contributed by atoms with Gasteiger partial charge in [0.2, 0.25) is 10.0 Å². The molecule has 0 bridgehead atoms. The molecule has 1 aromatic carbocycles. The van der Waals surface area contributed by atoms with Crippen molar-refractivity contribution in [2.24, 2.45) is 0 Å². The van der Waals surface area contributed by atoms with Crippen LogP contribution in [0.4, 0.5) is 0 Å². The molecule has 0 spiro atoms. The molecule has 0 aliphatic heterocycles. The average molecular weight is 422 g/mol. The van der Waals surface area contributed by atoms with Crippen molar-refractivity contribution in [1.82, 2.24) is 4.31 Å². The van der Waals surface area contributed by atoms with Gasteiger partial charge < -0.3 is 9.47 Å². The van der Waals surface area contributed by atoms with Crippen LogP contribution < -0.4 is 0 Å². The summed E-state index contributed by atoms with van der Waals surface area (Å²) < 4.78 is 59.8. The zero-order valence-electron chi connectivity index (χ0n) is 16.4. The minimum absolute atomic E-state index is 0.125. The molecule has 1 aromatic rings. The first kappa shape index (κ1) is 24.0. The van der Waals surface area contributed by atoms with Gasteiger partial charge in [-0.2, -0.15) is 4.31 Å². The van der Waals surface area contributed by atoms with Gasteiger partial charge in [-0.15, -0.1) is 0 Å². The summed E-state index contributed by atoms with van der Waals surface area (Å²) in [6.07, 6.45) is 3.56. The van der Waals surface area contributed by atoms with E-state index in [1.807, 2.05) is 0 Å². The van der Waals surface area contributed by atoms with Crippen molar-refractivity contribution in [2.45, 2.75) is 30.6 Å². The van der Waals surface area contributed by atoms with E-state index in [0.717, 1.165) is 5.56 Å². The lowest BCUT2D eigenvalue weighted by molar-refractivity contribution is 0.175. The van der Waals surface area contributed by atoms with E-state index < -0.39 is 19.9 Å². The van der Waals surface area contributed by atoms with Gasteiger partial charge in [-0.25, -0.2) is 16.8 Å². The first-order valence-corrected chi connectivity index (χ1v) is 12.5. The molecule has 156 valence electrons. The fourth-order valence-corrected chi connectivity index (χ4v) is 4.82. The van der Waals surface area contributed by atoms with E-state index >= 15 is 0 Å². The quantitative estimate of drug-likeness (QED) is 0.425. The third-order valence-electron chi connectivity index (χ3n) is 4.05. The Labute approximate surface area is 163 Å². The second-order valence-electron chi connectivity index (χ2n) is 6.47. The predicted molar refractivity (Wildman–Crippen MR) is 106 cm³/mol. The Morgan fingerprint density at radius 2 is 1.37 bits per heavy atom. The molecule has 0 saturated heterocycles. The summed E-state index contributed by atoms with van der Waals surface area (Å²) in [4.78, 5) is 0.240. The maximum absolute atomic E-state index is 12.9. The van der Waals surface area contributed by atoms with Crippen LogP contribution in [0, 0.1) is 0 Å². The van der Waals surface area contributed by atoms with E-state index in [1.165, 1.54) is 10.6 Å². The van der Waals surface area contributed by atoms with Gasteiger partial charge in [0.25, 0.3) is 0 Å². The molecule has 0 N–H and O–H groups in total. The molecular weight excluding hydrogens is 390 g/mol. The number of sulfonamides is 1. The Balaban J connectivity index is 2.81. The average Bonchev–Trinajstić information content (AvgIpc) is 2.60. The monoisotopic (exact) mass is 421 g/mol. The topological polar surface area (TPSA) is 90.0 Å². The number of ether oxygens (including phenoxy) is 2. The van der Waals surface area contributed by atoms with Gasteiger partial charge in [-0.1, -0.05) is 12.1 Å². The number of methoxy groups -OCH3 is 2. The number of rotatable bonds is 14. The number of aryl methyl sites for hydroxylation is 1. The third kappa shape index (κ3) is 9.16. The zero-order valence-corrected chi connectivity index (χ0v) is 18.0. The molecule has 1 rings (SSSR count). The van der Waals surface area contributed by atoms with Crippen LogP contribution in [0.1, 0.15) is 24.8 Å². The van der Waals surface area contributed by atoms with Gasteiger partial charge >= 0.3 is 0 Å². The highest BCUT2D eigenvalue weighted by molar-refractivity contribution is 7.90. The van der Waals surface area contributed by atoms with Gasteiger partial charge in [0, 0.05) is 46.8 Å². The Morgan fingerprint density at radius 1 is 0.852 bits per heavy atom. The van der Waals surface area contributed by atoms with Crippen LogP contribution in [0.15, 0.2) is 29.2 Å². The van der Waals surface area contributed by atoms with E-state index in [0.29, 0.717) is 52.0 Å². The molecular formula is C18H31NO6S2. The molecule has 0 heterocycles. The van der Waals surface area contributed by atoms with Crippen molar-refractivity contribution in [3.05, 3.63) is 29.8 Å². The van der Waals surface area contributed by atoms with Crippen molar-refractivity contribution in [3.8, 4) is 0 Å². The zero-order chi connectivity index (χ0) is 20.3. The van der Waals surface area contributed by atoms with Crippen LogP contribution in [-0.2, 0) is 35.8 Å². The van der Waals surface area contributed by atoms with Crippen LogP contribution in [0.5, 0.6) is 0 Å². The minimum atomic E-state index is -3.60. The van der Waals surface area contributed by atoms with E-state index in [4.69, 9.17) is 9.47 Å². The van der Waals surface area contributed by atoms with Gasteiger partial charge in [-0.3, -0.25) is 0 Å². The lowest BCUT2D eigenvalue weighted by Gasteiger charge is -2.22. The predicted octanol–water partition coefficient (Wildman–Crippen LogP) is 1.73. The van der Waals surface area contributed by atoms with Crippen LogP contribution in [-0.4, -0.2) is 73.7 Å². The number of hydrogen-bond donors (Lipinski definition) is 0. The molecule has 0 radical (unpaired) electrons. The SMILES string of the molecule is COCCCN(CCCOC)S(=O)(=O)c1ccc(CCCS(C)(=O)=O)cc1. The van der Waals surface area contributed by atoms with Crippen molar-refractivity contribution in [3.63, 3.8) is 0 Å². The molecule has 0 aromatic heterocycles. The molecule has 0 atom stereocenters. The molecule has 0 amide bonds. The van der Waals surface area contributed by atoms with Crippen LogP contribution in [0.25, 0.3) is 0 Å². The van der Waals surface area contributed by atoms with Gasteiger partial charge in [0.15, 0.2) is 0 Å². The Kier molecular flexibility index (Phi) is 10.5. The minimum Gasteiger partial charge on any atom is -0.385 e. The summed E-state index contributed by atoms with van der Waals surface area (Å²) >= 11 is 0. The molecule has 27 heavy (non-hydrogen) atoms. The molecule has 0 aliphatic carbocycles. The summed E-state index contributed by atoms with van der Waals surface area (Å²) in [5.74, 6) is 0.125. The van der Waals surface area contributed by atoms with E-state index in [2.05, 4.69) is 0 Å². The summed E-state index contributed by atoms with van der Waals surface area (Å²) in [7, 11) is -3.40. The lowest BCUT2D eigenvalue weighted by Crippen LogP contribution is -2.34. The number of nitrogens with zero attached hydrogens (tertiary/aromatic N) is 1. The number of benzene rings is 1. The third-order valence-corrected chi connectivity index (χ3v) is 7.00. The van der Waals surface area contributed by atoms with Gasteiger partial charge in [0.1, 0.15) is 9.84 Å². The fraction of sp³-hybridized carbons (Fsp3) is 0.667. The Hall–Kier alpha value is -1.00. The van der Waals surface area contributed by atoms with Crippen molar-refractivity contribution in [1.29, 1.82) is 0 Å². The molecule has 0 unspecified atom stereocenters. The maximum Gasteiger partial charge on any atom is 0.243 e. The molecule has 0 aliphatic rings. The summed E-state index contributed by atoms with van der Waals surface area (Å²) in [5.41, 5.74) is 0.919. The van der Waals surface area contributed by atoms with Crippen molar-refractivity contribution >= 4 is 19.9 Å². The normalized spacial score (nSPS) is 12.6. The van der Waals surface area contributed by atoms with Crippen LogP contribution in [0.2, 0.25) is 0 Å². The van der Waals surface area contributed by atoms with Crippen LogP contribution in [0.3, 0.4) is 0 Å². The van der Waals surface area contributed by atoms with E-state index in [-0.39, 0.29) is 10.6 Å².